The molecule has 2 amide bonds. The second-order valence-electron chi connectivity index (χ2n) is 6.82. The number of carbonyl (C=O) groups excluding carboxylic acids is 2. The molecule has 142 valence electrons. The maximum atomic E-state index is 13.3. The first kappa shape index (κ1) is 19.0. The van der Waals surface area contributed by atoms with Gasteiger partial charge in [-0.15, -0.1) is 0 Å². The second kappa shape index (κ2) is 8.75. The van der Waals surface area contributed by atoms with Gasteiger partial charge in [0.25, 0.3) is 5.91 Å². The molecule has 5 nitrogen and oxygen atoms in total. The lowest BCUT2D eigenvalue weighted by atomic mass is 10.0. The van der Waals surface area contributed by atoms with Gasteiger partial charge in [0.15, 0.2) is 0 Å². The summed E-state index contributed by atoms with van der Waals surface area (Å²) in [6.07, 6.45) is 4.47. The normalized spacial score (nSPS) is 14.8. The Balaban J connectivity index is 1.55. The quantitative estimate of drug-likeness (QED) is 0.879. The molecule has 1 aliphatic rings. The Kier molecular flexibility index (Phi) is 6.16. The molecule has 2 aromatic rings. The molecule has 0 atom stereocenters. The third-order valence-electron chi connectivity index (χ3n) is 4.79. The van der Waals surface area contributed by atoms with Crippen LogP contribution in [-0.2, 0) is 4.79 Å². The van der Waals surface area contributed by atoms with Crippen molar-refractivity contribution >= 4 is 11.8 Å². The van der Waals surface area contributed by atoms with Crippen molar-refractivity contribution < 1.29 is 14.0 Å². The van der Waals surface area contributed by atoms with Crippen molar-refractivity contribution in [2.75, 3.05) is 13.1 Å². The molecule has 0 saturated carbocycles. The summed E-state index contributed by atoms with van der Waals surface area (Å²) in [6, 6.07) is 9.68. The number of likely N-dealkylation sites (tertiary alicyclic amines) is 1. The molecule has 0 unspecified atom stereocenters. The van der Waals surface area contributed by atoms with E-state index in [-0.39, 0.29) is 23.7 Å². The largest absolute Gasteiger partial charge is 0.349 e. The number of piperidine rings is 1. The molecular formula is C21H24FN3O2. The fraction of sp³-hybridized carbons (Fsp3) is 0.381. The van der Waals surface area contributed by atoms with Crippen molar-refractivity contribution in [3.63, 3.8) is 0 Å². The molecule has 1 saturated heterocycles. The molecule has 1 fully saturated rings. The van der Waals surface area contributed by atoms with E-state index in [1.807, 2.05) is 11.8 Å². The summed E-state index contributed by atoms with van der Waals surface area (Å²) in [5.74, 6) is -0.300. The van der Waals surface area contributed by atoms with E-state index in [0.29, 0.717) is 36.3 Å². The number of carbonyl (C=O) groups is 2. The maximum Gasteiger partial charge on any atom is 0.253 e. The number of hydrogen-bond donors (Lipinski definition) is 1. The molecule has 0 spiro atoms. The van der Waals surface area contributed by atoms with Crippen LogP contribution < -0.4 is 5.32 Å². The Bertz CT molecular complexity index is 799. The van der Waals surface area contributed by atoms with E-state index in [0.717, 1.165) is 19.3 Å². The van der Waals surface area contributed by atoms with Crippen LogP contribution in [0, 0.1) is 5.82 Å². The summed E-state index contributed by atoms with van der Waals surface area (Å²) >= 11 is 0. The summed E-state index contributed by atoms with van der Waals surface area (Å²) in [4.78, 5) is 30.5. The van der Waals surface area contributed by atoms with Crippen molar-refractivity contribution in [3.05, 3.63) is 54.0 Å². The van der Waals surface area contributed by atoms with Gasteiger partial charge < -0.3 is 10.2 Å². The zero-order valence-electron chi connectivity index (χ0n) is 15.5. The number of pyridine rings is 1. The van der Waals surface area contributed by atoms with Gasteiger partial charge >= 0.3 is 0 Å². The summed E-state index contributed by atoms with van der Waals surface area (Å²) in [5, 5.41) is 3.02. The highest BCUT2D eigenvalue weighted by molar-refractivity contribution is 5.94. The minimum atomic E-state index is -0.320. The van der Waals surface area contributed by atoms with Crippen LogP contribution in [0.15, 0.2) is 42.6 Å². The standard InChI is InChI=1S/C21H24FN3O2/c1-2-4-20(26)25-11-9-18(10-12-25)24-21(27)16-7-8-19(23-14-16)15-5-3-6-17(22)13-15/h3,5-8,13-14,18H,2,4,9-12H2,1H3,(H,24,27). The monoisotopic (exact) mass is 369 g/mol. The van der Waals surface area contributed by atoms with E-state index in [2.05, 4.69) is 10.3 Å². The first-order valence-electron chi connectivity index (χ1n) is 9.37. The molecular weight excluding hydrogens is 345 g/mol. The summed E-state index contributed by atoms with van der Waals surface area (Å²) in [6.45, 7) is 3.36. The van der Waals surface area contributed by atoms with Gasteiger partial charge in [0, 0.05) is 37.3 Å². The zero-order chi connectivity index (χ0) is 19.2. The number of nitrogens with zero attached hydrogens (tertiary/aromatic N) is 2. The Morgan fingerprint density at radius 1 is 1.22 bits per heavy atom. The van der Waals surface area contributed by atoms with Crippen LogP contribution in [0.3, 0.4) is 0 Å². The van der Waals surface area contributed by atoms with Crippen molar-refractivity contribution in [2.24, 2.45) is 0 Å². The molecule has 2 heterocycles. The molecule has 1 aromatic carbocycles. The van der Waals surface area contributed by atoms with E-state index in [9.17, 15) is 14.0 Å². The van der Waals surface area contributed by atoms with Crippen LogP contribution in [0.5, 0.6) is 0 Å². The van der Waals surface area contributed by atoms with Crippen molar-refractivity contribution in [2.45, 2.75) is 38.6 Å². The molecule has 0 bridgehead atoms. The van der Waals surface area contributed by atoms with Gasteiger partial charge in [-0.25, -0.2) is 4.39 Å². The van der Waals surface area contributed by atoms with Crippen molar-refractivity contribution in [3.8, 4) is 11.3 Å². The van der Waals surface area contributed by atoms with Gasteiger partial charge in [0.2, 0.25) is 5.91 Å². The van der Waals surface area contributed by atoms with E-state index >= 15 is 0 Å². The number of amides is 2. The summed E-state index contributed by atoms with van der Waals surface area (Å²) in [7, 11) is 0. The lowest BCUT2D eigenvalue weighted by Gasteiger charge is -2.32. The Morgan fingerprint density at radius 2 is 2.00 bits per heavy atom. The first-order chi connectivity index (χ1) is 13.1. The highest BCUT2D eigenvalue weighted by atomic mass is 19.1. The topological polar surface area (TPSA) is 62.3 Å². The minimum absolute atomic E-state index is 0.0612. The number of benzene rings is 1. The van der Waals surface area contributed by atoms with Gasteiger partial charge in [-0.05, 0) is 43.5 Å². The summed E-state index contributed by atoms with van der Waals surface area (Å²) < 4.78 is 13.3. The molecule has 1 aliphatic heterocycles. The summed E-state index contributed by atoms with van der Waals surface area (Å²) in [5.41, 5.74) is 1.76. The number of aromatic nitrogens is 1. The van der Waals surface area contributed by atoms with Crippen molar-refractivity contribution in [1.82, 2.24) is 15.2 Å². The lowest BCUT2D eigenvalue weighted by molar-refractivity contribution is -0.132. The van der Waals surface area contributed by atoms with Crippen LogP contribution in [0.2, 0.25) is 0 Å². The second-order valence-corrected chi connectivity index (χ2v) is 6.82. The number of hydrogen-bond acceptors (Lipinski definition) is 3. The van der Waals surface area contributed by atoms with Crippen LogP contribution >= 0.6 is 0 Å². The van der Waals surface area contributed by atoms with E-state index in [1.165, 1.54) is 18.3 Å². The zero-order valence-corrected chi connectivity index (χ0v) is 15.5. The van der Waals surface area contributed by atoms with Gasteiger partial charge in [-0.3, -0.25) is 14.6 Å². The number of nitrogens with one attached hydrogen (secondary N) is 1. The molecule has 6 heteroatoms. The Labute approximate surface area is 158 Å². The van der Waals surface area contributed by atoms with Crippen LogP contribution in [0.1, 0.15) is 43.0 Å². The van der Waals surface area contributed by atoms with E-state index in [4.69, 9.17) is 0 Å². The maximum absolute atomic E-state index is 13.3. The third-order valence-corrected chi connectivity index (χ3v) is 4.79. The van der Waals surface area contributed by atoms with Crippen molar-refractivity contribution in [1.29, 1.82) is 0 Å². The minimum Gasteiger partial charge on any atom is -0.349 e. The molecule has 0 radical (unpaired) electrons. The van der Waals surface area contributed by atoms with Crippen LogP contribution in [0.4, 0.5) is 4.39 Å². The molecule has 27 heavy (non-hydrogen) atoms. The van der Waals surface area contributed by atoms with Gasteiger partial charge in [-0.1, -0.05) is 19.1 Å². The number of rotatable bonds is 5. The number of halogens is 1. The highest BCUT2D eigenvalue weighted by Gasteiger charge is 2.23. The average Bonchev–Trinajstić information content (AvgIpc) is 2.69. The Morgan fingerprint density at radius 3 is 2.63 bits per heavy atom. The SMILES string of the molecule is CCCC(=O)N1CCC(NC(=O)c2ccc(-c3cccc(F)c3)nc2)CC1. The predicted molar refractivity (Wildman–Crippen MR) is 102 cm³/mol. The lowest BCUT2D eigenvalue weighted by Crippen LogP contribution is -2.46. The third kappa shape index (κ3) is 4.90. The fourth-order valence-corrected chi connectivity index (χ4v) is 3.26. The highest BCUT2D eigenvalue weighted by Crippen LogP contribution is 2.18. The molecule has 1 aromatic heterocycles. The van der Waals surface area contributed by atoms with Gasteiger partial charge in [0.1, 0.15) is 5.82 Å². The molecule has 3 rings (SSSR count). The fourth-order valence-electron chi connectivity index (χ4n) is 3.26. The van der Waals surface area contributed by atoms with E-state index in [1.54, 1.807) is 24.3 Å². The average molecular weight is 369 g/mol. The van der Waals surface area contributed by atoms with Gasteiger partial charge in [-0.2, -0.15) is 0 Å². The Hall–Kier alpha value is -2.76. The van der Waals surface area contributed by atoms with E-state index < -0.39 is 0 Å². The van der Waals surface area contributed by atoms with Gasteiger partial charge in [0.05, 0.1) is 11.3 Å². The smallest absolute Gasteiger partial charge is 0.253 e. The first-order valence-corrected chi connectivity index (χ1v) is 9.37. The van der Waals surface area contributed by atoms with Crippen LogP contribution in [0.25, 0.3) is 11.3 Å². The van der Waals surface area contributed by atoms with Crippen LogP contribution in [-0.4, -0.2) is 40.8 Å². The predicted octanol–water partition coefficient (Wildman–Crippen LogP) is 3.41. The molecule has 1 N–H and O–H groups in total. The molecule has 0 aliphatic carbocycles.